The summed E-state index contributed by atoms with van der Waals surface area (Å²) in [5.41, 5.74) is 3.13. The van der Waals surface area contributed by atoms with Gasteiger partial charge >= 0.3 is 0 Å². The Morgan fingerprint density at radius 3 is 2.06 bits per heavy atom. The summed E-state index contributed by atoms with van der Waals surface area (Å²) in [5, 5.41) is 1.12. The smallest absolute Gasteiger partial charge is 0.116 e. The molecule has 18 heavy (non-hydrogen) atoms. The van der Waals surface area contributed by atoms with Gasteiger partial charge in [-0.3, -0.25) is 4.98 Å². The van der Waals surface area contributed by atoms with Gasteiger partial charge in [0.15, 0.2) is 0 Å². The van der Waals surface area contributed by atoms with Crippen LogP contribution in [0.15, 0.2) is 18.6 Å². The molecule has 0 amide bonds. The Bertz CT molecular complexity index is 574. The number of nitrogens with zero attached hydrogens (tertiary/aromatic N) is 3. The van der Waals surface area contributed by atoms with E-state index in [1.54, 1.807) is 6.33 Å². The summed E-state index contributed by atoms with van der Waals surface area (Å²) in [6.45, 7) is 13.0. The van der Waals surface area contributed by atoms with Gasteiger partial charge in [-0.25, -0.2) is 9.97 Å². The second kappa shape index (κ2) is 4.01. The van der Waals surface area contributed by atoms with E-state index in [4.69, 9.17) is 0 Å². The lowest BCUT2D eigenvalue weighted by Gasteiger charge is -2.22. The predicted molar refractivity (Wildman–Crippen MR) is 74.7 cm³/mol. The van der Waals surface area contributed by atoms with E-state index in [1.165, 1.54) is 0 Å². The van der Waals surface area contributed by atoms with Crippen LogP contribution in [0.3, 0.4) is 0 Å². The summed E-state index contributed by atoms with van der Waals surface area (Å²) in [7, 11) is 0. The summed E-state index contributed by atoms with van der Waals surface area (Å²) in [5.74, 6) is 0. The molecule has 2 rings (SSSR count). The third kappa shape index (κ3) is 2.35. The van der Waals surface area contributed by atoms with Crippen LogP contribution in [0.25, 0.3) is 10.9 Å². The van der Waals surface area contributed by atoms with Crippen LogP contribution in [0.4, 0.5) is 0 Å². The number of hydrogen-bond donors (Lipinski definition) is 0. The number of fused-ring (bicyclic) bond motifs is 1. The highest BCUT2D eigenvalue weighted by Crippen LogP contribution is 2.29. The second-order valence-corrected chi connectivity index (χ2v) is 6.81. The molecule has 0 saturated heterocycles. The SMILES string of the molecule is CC(C)(C)c1cc2c(C(C)(C)C)ncnc2cn1. The van der Waals surface area contributed by atoms with Gasteiger partial charge < -0.3 is 0 Å². The van der Waals surface area contributed by atoms with Gasteiger partial charge in [-0.2, -0.15) is 0 Å². The van der Waals surface area contributed by atoms with E-state index in [-0.39, 0.29) is 10.8 Å². The summed E-state index contributed by atoms with van der Waals surface area (Å²) >= 11 is 0. The lowest BCUT2D eigenvalue weighted by molar-refractivity contribution is 0.564. The average Bonchev–Trinajstić information content (AvgIpc) is 2.25. The van der Waals surface area contributed by atoms with Crippen molar-refractivity contribution in [3.63, 3.8) is 0 Å². The zero-order chi connectivity index (χ0) is 13.6. The topological polar surface area (TPSA) is 38.7 Å². The van der Waals surface area contributed by atoms with E-state index in [1.807, 2.05) is 6.20 Å². The number of hydrogen-bond acceptors (Lipinski definition) is 3. The van der Waals surface area contributed by atoms with Crippen molar-refractivity contribution >= 4 is 10.9 Å². The molecule has 0 aliphatic heterocycles. The molecule has 0 radical (unpaired) electrons. The fourth-order valence-electron chi connectivity index (χ4n) is 1.97. The number of pyridine rings is 1. The minimum absolute atomic E-state index is 0.0116. The second-order valence-electron chi connectivity index (χ2n) is 6.81. The Kier molecular flexibility index (Phi) is 2.88. The zero-order valence-corrected chi connectivity index (χ0v) is 12.1. The quantitative estimate of drug-likeness (QED) is 0.709. The summed E-state index contributed by atoms with van der Waals surface area (Å²) in [6, 6.07) is 2.13. The lowest BCUT2D eigenvalue weighted by Crippen LogP contribution is -2.17. The van der Waals surface area contributed by atoms with Crippen LogP contribution in [0.5, 0.6) is 0 Å². The number of aromatic nitrogens is 3. The zero-order valence-electron chi connectivity index (χ0n) is 12.1. The third-order valence-corrected chi connectivity index (χ3v) is 3.00. The maximum absolute atomic E-state index is 4.51. The maximum Gasteiger partial charge on any atom is 0.116 e. The fraction of sp³-hybridized carbons (Fsp3) is 0.533. The van der Waals surface area contributed by atoms with Crippen molar-refractivity contribution in [1.29, 1.82) is 0 Å². The van der Waals surface area contributed by atoms with Crippen molar-refractivity contribution in [2.24, 2.45) is 0 Å². The van der Waals surface area contributed by atoms with Gasteiger partial charge in [-0.15, -0.1) is 0 Å². The van der Waals surface area contributed by atoms with Crippen molar-refractivity contribution < 1.29 is 0 Å². The Morgan fingerprint density at radius 1 is 0.833 bits per heavy atom. The van der Waals surface area contributed by atoms with E-state index in [9.17, 15) is 0 Å². The van der Waals surface area contributed by atoms with Crippen LogP contribution in [0.2, 0.25) is 0 Å². The Morgan fingerprint density at radius 2 is 1.50 bits per heavy atom. The minimum atomic E-state index is 0.0116. The van der Waals surface area contributed by atoms with Crippen LogP contribution in [-0.2, 0) is 10.8 Å². The molecule has 0 aromatic carbocycles. The van der Waals surface area contributed by atoms with E-state index in [2.05, 4.69) is 62.6 Å². The van der Waals surface area contributed by atoms with Crippen molar-refractivity contribution in [3.8, 4) is 0 Å². The highest BCUT2D eigenvalue weighted by molar-refractivity contribution is 5.81. The van der Waals surface area contributed by atoms with E-state index in [0.29, 0.717) is 0 Å². The first-order valence-electron chi connectivity index (χ1n) is 6.31. The molecule has 3 nitrogen and oxygen atoms in total. The molecule has 0 spiro atoms. The van der Waals surface area contributed by atoms with E-state index in [0.717, 1.165) is 22.3 Å². The molecular weight excluding hydrogens is 222 g/mol. The van der Waals surface area contributed by atoms with Crippen LogP contribution in [0.1, 0.15) is 52.9 Å². The molecule has 0 fully saturated rings. The molecule has 96 valence electrons. The van der Waals surface area contributed by atoms with Crippen LogP contribution in [-0.4, -0.2) is 15.0 Å². The van der Waals surface area contributed by atoms with Gasteiger partial charge in [0.1, 0.15) is 6.33 Å². The molecule has 0 atom stereocenters. The van der Waals surface area contributed by atoms with Crippen LogP contribution >= 0.6 is 0 Å². The first-order valence-corrected chi connectivity index (χ1v) is 6.31. The fourth-order valence-corrected chi connectivity index (χ4v) is 1.97. The first kappa shape index (κ1) is 12.9. The predicted octanol–water partition coefficient (Wildman–Crippen LogP) is 3.62. The normalized spacial score (nSPS) is 13.0. The van der Waals surface area contributed by atoms with Gasteiger partial charge in [0, 0.05) is 21.9 Å². The van der Waals surface area contributed by atoms with Crippen molar-refractivity contribution in [2.75, 3.05) is 0 Å². The van der Waals surface area contributed by atoms with Gasteiger partial charge in [0.05, 0.1) is 17.4 Å². The highest BCUT2D eigenvalue weighted by Gasteiger charge is 2.21. The molecule has 2 aromatic heterocycles. The molecule has 2 heterocycles. The minimum Gasteiger partial charge on any atom is -0.258 e. The molecule has 0 aliphatic carbocycles. The van der Waals surface area contributed by atoms with Gasteiger partial charge in [-0.05, 0) is 6.07 Å². The monoisotopic (exact) mass is 243 g/mol. The molecule has 2 aromatic rings. The Labute approximate surface area is 109 Å². The highest BCUT2D eigenvalue weighted by atomic mass is 14.9. The summed E-state index contributed by atoms with van der Waals surface area (Å²) < 4.78 is 0. The van der Waals surface area contributed by atoms with Crippen molar-refractivity contribution in [1.82, 2.24) is 15.0 Å². The molecule has 3 heteroatoms. The largest absolute Gasteiger partial charge is 0.258 e. The van der Waals surface area contributed by atoms with E-state index < -0.39 is 0 Å². The van der Waals surface area contributed by atoms with Crippen molar-refractivity contribution in [3.05, 3.63) is 30.0 Å². The third-order valence-electron chi connectivity index (χ3n) is 3.00. The molecule has 0 N–H and O–H groups in total. The summed E-state index contributed by atoms with van der Waals surface area (Å²) in [6.07, 6.45) is 3.48. The average molecular weight is 243 g/mol. The van der Waals surface area contributed by atoms with Crippen LogP contribution in [0, 0.1) is 0 Å². The summed E-state index contributed by atoms with van der Waals surface area (Å²) in [4.78, 5) is 13.3. The molecule has 0 aliphatic rings. The molecule has 0 bridgehead atoms. The van der Waals surface area contributed by atoms with Crippen molar-refractivity contribution in [2.45, 2.75) is 52.4 Å². The van der Waals surface area contributed by atoms with Gasteiger partial charge in [0.2, 0.25) is 0 Å². The Hall–Kier alpha value is -1.51. The molecular formula is C15H21N3. The van der Waals surface area contributed by atoms with Gasteiger partial charge in [-0.1, -0.05) is 41.5 Å². The van der Waals surface area contributed by atoms with Crippen LogP contribution < -0.4 is 0 Å². The standard InChI is InChI=1S/C15H21N3/c1-14(2,3)12-7-10-11(8-16-12)17-9-18-13(10)15(4,5)6/h7-9H,1-6H3. The number of rotatable bonds is 0. The maximum atomic E-state index is 4.51. The first-order chi connectivity index (χ1) is 8.19. The lowest BCUT2D eigenvalue weighted by atomic mass is 9.87. The molecule has 0 unspecified atom stereocenters. The Balaban J connectivity index is 2.74. The molecule has 0 saturated carbocycles. The van der Waals surface area contributed by atoms with Gasteiger partial charge in [0.25, 0.3) is 0 Å². The van der Waals surface area contributed by atoms with E-state index >= 15 is 0 Å².